The summed E-state index contributed by atoms with van der Waals surface area (Å²) < 4.78 is 6.36. The van der Waals surface area contributed by atoms with Gasteiger partial charge < -0.3 is 10.5 Å². The molecule has 0 amide bonds. The third-order valence-corrected chi connectivity index (χ3v) is 2.50. The van der Waals surface area contributed by atoms with Gasteiger partial charge in [-0.05, 0) is 18.6 Å². The van der Waals surface area contributed by atoms with Gasteiger partial charge in [0.15, 0.2) is 0 Å². The van der Waals surface area contributed by atoms with Gasteiger partial charge in [-0.25, -0.2) is 4.98 Å². The van der Waals surface area contributed by atoms with Crippen LogP contribution in [0, 0.1) is 6.92 Å². The Balaban J connectivity index is 2.52. The van der Waals surface area contributed by atoms with Crippen LogP contribution in [0.1, 0.15) is 11.3 Å². The molecule has 2 heterocycles. The van der Waals surface area contributed by atoms with E-state index in [0.717, 1.165) is 11.2 Å². The number of fused-ring (bicyclic) bond motifs is 1. The molecule has 0 radical (unpaired) electrons. The number of pyridine rings is 1. The highest BCUT2D eigenvalue weighted by Gasteiger charge is 2.13. The topological polar surface area (TPSA) is 69.6 Å². The van der Waals surface area contributed by atoms with E-state index in [2.05, 4.69) is 9.72 Å². The lowest BCUT2D eigenvalue weighted by atomic mass is 10.3. The van der Waals surface area contributed by atoms with Crippen molar-refractivity contribution >= 4 is 17.4 Å². The molecule has 16 heavy (non-hydrogen) atoms. The molecule has 5 heteroatoms. The van der Waals surface area contributed by atoms with Gasteiger partial charge in [-0.1, -0.05) is 6.07 Å². The normalized spacial score (nSPS) is 10.6. The average Bonchev–Trinajstić information content (AvgIpc) is 2.58. The number of nitrogens with two attached hydrogens (primary N) is 1. The van der Waals surface area contributed by atoms with Crippen molar-refractivity contribution in [2.24, 2.45) is 0 Å². The summed E-state index contributed by atoms with van der Waals surface area (Å²) in [6, 6.07) is 3.84. The Labute approximate surface area is 92.8 Å². The summed E-state index contributed by atoms with van der Waals surface area (Å²) >= 11 is 0. The van der Waals surface area contributed by atoms with Gasteiger partial charge in [0, 0.05) is 6.20 Å². The van der Waals surface area contributed by atoms with Crippen LogP contribution in [0.3, 0.4) is 0 Å². The Morgan fingerprint density at radius 2 is 2.38 bits per heavy atom. The van der Waals surface area contributed by atoms with Gasteiger partial charge in [-0.3, -0.25) is 9.20 Å². The van der Waals surface area contributed by atoms with Crippen LogP contribution in [0.2, 0.25) is 0 Å². The maximum absolute atomic E-state index is 11.2. The minimum absolute atomic E-state index is 0.101. The van der Waals surface area contributed by atoms with Crippen LogP contribution in [-0.4, -0.2) is 22.5 Å². The summed E-state index contributed by atoms with van der Waals surface area (Å²) in [7, 11) is 1.35. The minimum Gasteiger partial charge on any atom is -0.469 e. The quantitative estimate of drug-likeness (QED) is 0.763. The van der Waals surface area contributed by atoms with E-state index in [1.807, 2.05) is 25.3 Å². The van der Waals surface area contributed by atoms with E-state index in [1.54, 1.807) is 4.40 Å². The van der Waals surface area contributed by atoms with Gasteiger partial charge in [0.1, 0.15) is 11.5 Å². The molecule has 0 aliphatic heterocycles. The average molecular weight is 219 g/mol. The fourth-order valence-electron chi connectivity index (χ4n) is 1.61. The number of nitrogens with zero attached hydrogens (tertiary/aromatic N) is 2. The summed E-state index contributed by atoms with van der Waals surface area (Å²) in [4.78, 5) is 15.5. The first-order valence-electron chi connectivity index (χ1n) is 4.92. The van der Waals surface area contributed by atoms with Crippen LogP contribution in [-0.2, 0) is 16.0 Å². The number of esters is 1. The summed E-state index contributed by atoms with van der Waals surface area (Å²) in [6.07, 6.45) is 1.93. The van der Waals surface area contributed by atoms with E-state index in [9.17, 15) is 4.79 Å². The highest BCUT2D eigenvalue weighted by atomic mass is 16.5. The Hall–Kier alpha value is -2.04. The number of imidazole rings is 1. The molecular formula is C11H13N3O2. The largest absolute Gasteiger partial charge is 0.469 e. The first-order chi connectivity index (χ1) is 7.63. The summed E-state index contributed by atoms with van der Waals surface area (Å²) in [5.74, 6) is 0.150. The van der Waals surface area contributed by atoms with Crippen molar-refractivity contribution in [2.45, 2.75) is 13.3 Å². The molecule has 2 aromatic heterocycles. The van der Waals surface area contributed by atoms with E-state index in [1.165, 1.54) is 7.11 Å². The fourth-order valence-corrected chi connectivity index (χ4v) is 1.61. The second kappa shape index (κ2) is 3.84. The zero-order valence-corrected chi connectivity index (χ0v) is 9.23. The molecule has 5 nitrogen and oxygen atoms in total. The molecule has 0 fully saturated rings. The predicted molar refractivity (Wildman–Crippen MR) is 60.1 cm³/mol. The molecule has 0 spiro atoms. The number of carbonyl (C=O) groups excluding carboxylic acids is 1. The first kappa shape index (κ1) is 10.5. The van der Waals surface area contributed by atoms with E-state index in [4.69, 9.17) is 5.73 Å². The molecule has 84 valence electrons. The van der Waals surface area contributed by atoms with Crippen LogP contribution in [0.15, 0.2) is 18.3 Å². The summed E-state index contributed by atoms with van der Waals surface area (Å²) in [6.45, 7) is 1.95. The highest BCUT2D eigenvalue weighted by molar-refractivity contribution is 5.74. The van der Waals surface area contributed by atoms with E-state index in [0.29, 0.717) is 11.5 Å². The molecule has 2 N–H and O–H groups in total. The number of rotatable bonds is 2. The van der Waals surface area contributed by atoms with Crippen LogP contribution in [0.25, 0.3) is 5.65 Å². The molecule has 0 saturated carbocycles. The number of hydrogen-bond acceptors (Lipinski definition) is 4. The SMILES string of the molecule is COC(=O)Cc1nc2c(C)cccn2c1N. The van der Waals surface area contributed by atoms with Gasteiger partial charge in [-0.2, -0.15) is 0 Å². The molecule has 0 aliphatic rings. The third-order valence-electron chi connectivity index (χ3n) is 2.50. The number of aryl methyl sites for hydroxylation is 1. The van der Waals surface area contributed by atoms with Gasteiger partial charge in [0.25, 0.3) is 0 Å². The van der Waals surface area contributed by atoms with Crippen molar-refractivity contribution in [2.75, 3.05) is 12.8 Å². The third kappa shape index (κ3) is 1.60. The highest BCUT2D eigenvalue weighted by Crippen LogP contribution is 2.18. The monoisotopic (exact) mass is 219 g/mol. The number of carbonyl (C=O) groups is 1. The van der Waals surface area contributed by atoms with Crippen LogP contribution < -0.4 is 5.73 Å². The number of aromatic nitrogens is 2. The lowest BCUT2D eigenvalue weighted by Crippen LogP contribution is -2.07. The molecule has 0 saturated heterocycles. The molecule has 2 aromatic rings. The van der Waals surface area contributed by atoms with Crippen molar-refractivity contribution in [3.8, 4) is 0 Å². The van der Waals surface area contributed by atoms with Crippen molar-refractivity contribution < 1.29 is 9.53 Å². The second-order valence-electron chi connectivity index (χ2n) is 3.58. The molecule has 0 aliphatic carbocycles. The zero-order chi connectivity index (χ0) is 11.7. The van der Waals surface area contributed by atoms with Crippen molar-refractivity contribution in [3.63, 3.8) is 0 Å². The zero-order valence-electron chi connectivity index (χ0n) is 9.23. The van der Waals surface area contributed by atoms with Crippen molar-refractivity contribution in [1.29, 1.82) is 0 Å². The second-order valence-corrected chi connectivity index (χ2v) is 3.58. The Morgan fingerprint density at radius 3 is 3.00 bits per heavy atom. The molecule has 0 bridgehead atoms. The Kier molecular flexibility index (Phi) is 2.52. The Morgan fingerprint density at radius 1 is 1.62 bits per heavy atom. The standard InChI is InChI=1S/C11H13N3O2/c1-7-4-3-5-14-10(12)8(13-11(7)14)6-9(15)16-2/h3-5H,6,12H2,1-2H3. The van der Waals surface area contributed by atoms with Crippen LogP contribution >= 0.6 is 0 Å². The Bertz CT molecular complexity index is 545. The van der Waals surface area contributed by atoms with E-state index >= 15 is 0 Å². The number of ether oxygens (including phenoxy) is 1. The molecule has 0 atom stereocenters. The van der Waals surface area contributed by atoms with Gasteiger partial charge >= 0.3 is 5.97 Å². The number of anilines is 1. The lowest BCUT2D eigenvalue weighted by Gasteiger charge is -1.98. The maximum atomic E-state index is 11.2. The fraction of sp³-hybridized carbons (Fsp3) is 0.273. The van der Waals surface area contributed by atoms with Gasteiger partial charge in [0.05, 0.1) is 19.2 Å². The smallest absolute Gasteiger partial charge is 0.311 e. The summed E-state index contributed by atoms with van der Waals surface area (Å²) in [5, 5.41) is 0. The van der Waals surface area contributed by atoms with Crippen molar-refractivity contribution in [1.82, 2.24) is 9.38 Å². The molecule has 0 aromatic carbocycles. The molecule has 0 unspecified atom stereocenters. The minimum atomic E-state index is -0.340. The van der Waals surface area contributed by atoms with E-state index < -0.39 is 0 Å². The predicted octanol–water partition coefficient (Wildman–Crippen LogP) is 0.940. The van der Waals surface area contributed by atoms with Gasteiger partial charge in [-0.15, -0.1) is 0 Å². The van der Waals surface area contributed by atoms with E-state index in [-0.39, 0.29) is 12.4 Å². The molecular weight excluding hydrogens is 206 g/mol. The van der Waals surface area contributed by atoms with Gasteiger partial charge in [0.2, 0.25) is 0 Å². The number of nitrogen functional groups attached to an aromatic ring is 1. The maximum Gasteiger partial charge on any atom is 0.311 e. The summed E-state index contributed by atoms with van der Waals surface area (Å²) in [5.41, 5.74) is 8.26. The lowest BCUT2D eigenvalue weighted by molar-refractivity contribution is -0.139. The van der Waals surface area contributed by atoms with Crippen LogP contribution in [0.4, 0.5) is 5.82 Å². The first-order valence-corrected chi connectivity index (χ1v) is 4.92. The number of methoxy groups -OCH3 is 1. The number of hydrogen-bond donors (Lipinski definition) is 1. The molecule has 2 rings (SSSR count). The van der Waals surface area contributed by atoms with Crippen LogP contribution in [0.5, 0.6) is 0 Å². The van der Waals surface area contributed by atoms with Crippen molar-refractivity contribution in [3.05, 3.63) is 29.6 Å².